The maximum Gasteiger partial charge on any atom is 0.228 e. The molecule has 14 heteroatoms. The predicted molar refractivity (Wildman–Crippen MR) is 162 cm³/mol. The summed E-state index contributed by atoms with van der Waals surface area (Å²) < 4.78 is 76.8. The number of anilines is 1. The largest absolute Gasteiger partial charge is 0.435 e. The third-order valence-corrected chi connectivity index (χ3v) is 8.23. The molecule has 0 radical (unpaired) electrons. The number of ether oxygens (including phenoxy) is 1. The molecule has 4 atom stereocenters. The molecule has 4 heterocycles. The normalized spacial score (nSPS) is 20.0. The van der Waals surface area contributed by atoms with Crippen LogP contribution in [0.5, 0.6) is 11.6 Å². The van der Waals surface area contributed by atoms with Crippen LogP contribution in [0, 0.1) is 23.4 Å². The first-order chi connectivity index (χ1) is 20.9. The van der Waals surface area contributed by atoms with Crippen molar-refractivity contribution < 1.29 is 26.3 Å². The number of pyridine rings is 1. The lowest BCUT2D eigenvalue weighted by molar-refractivity contribution is 0.115. The van der Waals surface area contributed by atoms with E-state index in [-0.39, 0.29) is 29.9 Å². The first-order valence-electron chi connectivity index (χ1n) is 13.9. The number of piperidine rings is 2. The highest BCUT2D eigenvalue weighted by molar-refractivity contribution is 7.70. The van der Waals surface area contributed by atoms with E-state index in [0.717, 1.165) is 26.1 Å². The minimum absolute atomic E-state index is 0. The number of hydrogen-bond acceptors (Lipinski definition) is 8. The smallest absolute Gasteiger partial charge is 0.228 e. The molecule has 4 unspecified atom stereocenters. The van der Waals surface area contributed by atoms with E-state index in [4.69, 9.17) is 4.74 Å². The Morgan fingerprint density at radius 3 is 2.57 bits per heavy atom. The number of nitrogens with one attached hydrogen (secondary N) is 2. The van der Waals surface area contributed by atoms with Gasteiger partial charge in [-0.1, -0.05) is 30.3 Å². The van der Waals surface area contributed by atoms with E-state index in [9.17, 15) is 8.42 Å². The van der Waals surface area contributed by atoms with Gasteiger partial charge < -0.3 is 15.0 Å². The Labute approximate surface area is 260 Å². The van der Waals surface area contributed by atoms with Gasteiger partial charge in [-0.3, -0.25) is 0 Å². The van der Waals surface area contributed by atoms with Crippen molar-refractivity contribution in [2.75, 3.05) is 25.0 Å². The SMILES string of the molecule is Cl.O=[SH](=O)NC(c1ccccc1)c1c(F)cc(Oc2ncccc2-c2ccnc(NC3CC4CCCN(C4)C3)n2)c(F)c1F. The van der Waals surface area contributed by atoms with Gasteiger partial charge in [-0.15, -0.1) is 12.4 Å². The second-order valence-electron chi connectivity index (χ2n) is 10.7. The maximum atomic E-state index is 15.4. The van der Waals surface area contributed by atoms with Crippen LogP contribution in [0.1, 0.15) is 36.4 Å². The van der Waals surface area contributed by atoms with Crippen LogP contribution in [0.2, 0.25) is 0 Å². The molecular weight excluding hydrogens is 617 g/mol. The van der Waals surface area contributed by atoms with Gasteiger partial charge in [0.2, 0.25) is 28.5 Å². The molecule has 0 aliphatic carbocycles. The molecule has 2 aliphatic heterocycles. The number of rotatable bonds is 9. The molecule has 2 N–H and O–H groups in total. The monoisotopic (exact) mass is 646 g/mol. The van der Waals surface area contributed by atoms with Crippen LogP contribution in [0.3, 0.4) is 0 Å². The van der Waals surface area contributed by atoms with Crippen LogP contribution < -0.4 is 14.8 Å². The fraction of sp³-hybridized carbons (Fsp3) is 0.300. The lowest BCUT2D eigenvalue weighted by Crippen LogP contribution is -2.49. The zero-order valence-corrected chi connectivity index (χ0v) is 25.0. The molecule has 232 valence electrons. The summed E-state index contributed by atoms with van der Waals surface area (Å²) in [6.45, 7) is 3.12. The fourth-order valence-corrected chi connectivity index (χ4v) is 6.41. The molecule has 6 rings (SSSR count). The van der Waals surface area contributed by atoms with Gasteiger partial charge in [-0.05, 0) is 55.5 Å². The van der Waals surface area contributed by atoms with Gasteiger partial charge in [0.1, 0.15) is 5.82 Å². The Morgan fingerprint density at radius 1 is 0.977 bits per heavy atom. The Morgan fingerprint density at radius 2 is 1.80 bits per heavy atom. The summed E-state index contributed by atoms with van der Waals surface area (Å²) in [7, 11) is -3.28. The van der Waals surface area contributed by atoms with Crippen molar-refractivity contribution in [1.82, 2.24) is 24.6 Å². The molecule has 0 amide bonds. The van der Waals surface area contributed by atoms with Crippen LogP contribution in [0.15, 0.2) is 67.0 Å². The molecule has 0 spiro atoms. The van der Waals surface area contributed by atoms with E-state index in [1.807, 2.05) is 0 Å². The van der Waals surface area contributed by atoms with Gasteiger partial charge in [-0.25, -0.2) is 36.9 Å². The van der Waals surface area contributed by atoms with E-state index in [2.05, 4.69) is 29.9 Å². The highest BCUT2D eigenvalue weighted by Crippen LogP contribution is 2.37. The number of benzene rings is 2. The molecule has 2 aromatic heterocycles. The number of nitrogens with zero attached hydrogens (tertiary/aromatic N) is 4. The second-order valence-corrected chi connectivity index (χ2v) is 11.5. The molecule has 2 fully saturated rings. The van der Waals surface area contributed by atoms with Crippen molar-refractivity contribution in [3.63, 3.8) is 0 Å². The maximum absolute atomic E-state index is 15.4. The van der Waals surface area contributed by atoms with Crippen molar-refractivity contribution in [2.24, 2.45) is 5.92 Å². The summed E-state index contributed by atoms with van der Waals surface area (Å²) in [6, 6.07) is 12.0. The number of fused-ring (bicyclic) bond motifs is 2. The van der Waals surface area contributed by atoms with E-state index < -0.39 is 45.7 Å². The minimum Gasteiger partial charge on any atom is -0.435 e. The quantitative estimate of drug-likeness (QED) is 0.167. The highest BCUT2D eigenvalue weighted by atomic mass is 35.5. The Balaban J connectivity index is 0.00000384. The van der Waals surface area contributed by atoms with E-state index in [0.29, 0.717) is 29.2 Å². The third-order valence-electron chi connectivity index (χ3n) is 7.76. The Kier molecular flexibility index (Phi) is 9.99. The number of hydrogen-bond donors (Lipinski definition) is 3. The predicted octanol–water partition coefficient (Wildman–Crippen LogP) is 5.27. The average molecular weight is 647 g/mol. The van der Waals surface area contributed by atoms with Crippen LogP contribution in [0.4, 0.5) is 19.1 Å². The molecule has 9 nitrogen and oxygen atoms in total. The van der Waals surface area contributed by atoms with Crippen molar-refractivity contribution in [1.29, 1.82) is 0 Å². The molecule has 2 saturated heterocycles. The van der Waals surface area contributed by atoms with Crippen LogP contribution in [-0.4, -0.2) is 53.9 Å². The summed E-state index contributed by atoms with van der Waals surface area (Å²) in [6.07, 6.45) is 6.44. The summed E-state index contributed by atoms with van der Waals surface area (Å²) in [5.74, 6) is -4.12. The topological polar surface area (TPSA) is 109 Å². The summed E-state index contributed by atoms with van der Waals surface area (Å²) >= 11 is 0. The van der Waals surface area contributed by atoms with Gasteiger partial charge in [0, 0.05) is 43.2 Å². The summed E-state index contributed by atoms with van der Waals surface area (Å²) in [5, 5.41) is 3.42. The van der Waals surface area contributed by atoms with E-state index in [1.54, 1.807) is 42.6 Å². The van der Waals surface area contributed by atoms with Gasteiger partial charge in [-0.2, -0.15) is 4.39 Å². The van der Waals surface area contributed by atoms with Gasteiger partial charge in [0.15, 0.2) is 11.6 Å². The summed E-state index contributed by atoms with van der Waals surface area (Å²) in [5.41, 5.74) is 0.198. The number of aromatic nitrogens is 3. The Hall–Kier alpha value is -3.78. The summed E-state index contributed by atoms with van der Waals surface area (Å²) in [4.78, 5) is 15.6. The number of thiol groups is 1. The lowest BCUT2D eigenvalue weighted by atomic mass is 9.87. The zero-order chi connectivity index (χ0) is 29.9. The standard InChI is InChI=1S/C30H29F3N6O3S.ClH/c31-22-15-24(26(32)27(33)25(22)28(38-43(40)41)19-7-2-1-3-8-19)42-29-21(9-4-11-34-29)23-10-12-35-30(37-23)36-20-14-18-6-5-13-39(16-18)17-20;/h1-4,7-12,15,18,20,28,43H,5-6,13-14,16-17H2,(H,35,36,37)(H,38,40,41);1H. The first-order valence-corrected chi connectivity index (χ1v) is 15.1. The van der Waals surface area contributed by atoms with E-state index >= 15 is 13.2 Å². The number of halogens is 4. The zero-order valence-electron chi connectivity index (χ0n) is 23.3. The van der Waals surface area contributed by atoms with Crippen molar-refractivity contribution in [3.8, 4) is 22.9 Å². The van der Waals surface area contributed by atoms with Crippen molar-refractivity contribution in [2.45, 2.75) is 31.3 Å². The van der Waals surface area contributed by atoms with Crippen molar-refractivity contribution >= 4 is 29.2 Å². The average Bonchev–Trinajstić information content (AvgIpc) is 3.00. The minimum atomic E-state index is -3.28. The first kappa shape index (κ1) is 31.6. The van der Waals surface area contributed by atoms with Crippen LogP contribution in [-0.2, 0) is 10.9 Å². The van der Waals surface area contributed by atoms with Gasteiger partial charge >= 0.3 is 0 Å². The molecule has 2 aromatic carbocycles. The molecular formula is C30H30ClF3N6O3S. The van der Waals surface area contributed by atoms with Crippen LogP contribution in [0.25, 0.3) is 11.3 Å². The van der Waals surface area contributed by atoms with Crippen molar-refractivity contribution in [3.05, 3.63) is 95.6 Å². The molecule has 2 bridgehead atoms. The second kappa shape index (κ2) is 13.9. The molecule has 4 aromatic rings. The molecule has 2 aliphatic rings. The molecule has 0 saturated carbocycles. The molecule has 44 heavy (non-hydrogen) atoms. The van der Waals surface area contributed by atoms with Gasteiger partial charge in [0.05, 0.1) is 17.3 Å². The fourth-order valence-electron chi connectivity index (χ4n) is 5.92. The Bertz CT molecular complexity index is 1680. The third kappa shape index (κ3) is 6.96. The van der Waals surface area contributed by atoms with Gasteiger partial charge in [0.25, 0.3) is 0 Å². The van der Waals surface area contributed by atoms with Crippen LogP contribution >= 0.6 is 12.4 Å². The lowest BCUT2D eigenvalue weighted by Gasteiger charge is -2.41. The highest BCUT2D eigenvalue weighted by Gasteiger charge is 2.31. The van der Waals surface area contributed by atoms with E-state index in [1.165, 1.54) is 31.2 Å².